The zero-order chi connectivity index (χ0) is 6.24. The third-order valence-electron chi connectivity index (χ3n) is 1.46. The second-order valence-corrected chi connectivity index (χ2v) is 7.12. The molecule has 0 saturated heterocycles. The van der Waals surface area contributed by atoms with Crippen molar-refractivity contribution < 1.29 is 0 Å². The maximum absolute atomic E-state index is 2.28. The van der Waals surface area contributed by atoms with Crippen LogP contribution < -0.4 is 0 Å². The first-order valence-electron chi connectivity index (χ1n) is 3.91. The molecule has 50 valence electrons. The van der Waals surface area contributed by atoms with Gasteiger partial charge in [-0.15, -0.1) is 0 Å². The number of rotatable bonds is 5. The highest BCUT2D eigenvalue weighted by atomic mass is 29.1. The second kappa shape index (κ2) is 7.43. The maximum Gasteiger partial charge on any atom is 0.00412 e. The van der Waals surface area contributed by atoms with Gasteiger partial charge in [-0.05, 0) is 9.76 Å². The highest BCUT2D eigenvalue weighted by Crippen LogP contribution is 2.00. The summed E-state index contributed by atoms with van der Waals surface area (Å²) >= 11 is 0. The fourth-order valence-corrected chi connectivity index (χ4v) is 3.21. The monoisotopic (exact) mass is 146 g/mol. The molecule has 0 aliphatic heterocycles. The Hall–Kier alpha value is 0.434. The summed E-state index contributed by atoms with van der Waals surface area (Å²) in [6, 6.07) is 1.63. The normalized spacial score (nSPS) is 11.6. The standard InChI is InChI=1S/C6H18Si2/c1-2-3-4-5-6-8-7/h2-6,8H2,1,7H3. The minimum Gasteiger partial charge on any atom is -0.0655 e. The van der Waals surface area contributed by atoms with Crippen molar-refractivity contribution in [1.82, 2.24) is 0 Å². The second-order valence-electron chi connectivity index (χ2n) is 2.41. The van der Waals surface area contributed by atoms with Gasteiger partial charge in [0.1, 0.15) is 0 Å². The SMILES string of the molecule is CCCCCC[SiH2][SiH3]. The maximum atomic E-state index is 2.28. The van der Waals surface area contributed by atoms with E-state index in [9.17, 15) is 0 Å². The molecule has 0 nitrogen and oxygen atoms in total. The van der Waals surface area contributed by atoms with Crippen LogP contribution in [-0.4, -0.2) is 18.8 Å². The van der Waals surface area contributed by atoms with Gasteiger partial charge in [0, 0.05) is 9.04 Å². The van der Waals surface area contributed by atoms with Gasteiger partial charge in [0.2, 0.25) is 0 Å². The third-order valence-corrected chi connectivity index (χ3v) is 4.79. The Morgan fingerprint density at radius 1 is 1.25 bits per heavy atom. The molecule has 0 unspecified atom stereocenters. The van der Waals surface area contributed by atoms with Crippen LogP contribution in [-0.2, 0) is 0 Å². The van der Waals surface area contributed by atoms with E-state index in [1.54, 1.807) is 22.2 Å². The fraction of sp³-hybridized carbons (Fsp3) is 1.00. The molecule has 0 bridgehead atoms. The van der Waals surface area contributed by atoms with Gasteiger partial charge in [-0.3, -0.25) is 0 Å². The van der Waals surface area contributed by atoms with E-state index in [0.29, 0.717) is 9.04 Å². The largest absolute Gasteiger partial charge is 0.0655 e. The van der Waals surface area contributed by atoms with Gasteiger partial charge in [0.05, 0.1) is 0 Å². The van der Waals surface area contributed by atoms with Crippen LogP contribution in [0.4, 0.5) is 0 Å². The molecule has 2 heteroatoms. The number of unbranched alkanes of at least 4 members (excludes halogenated alkanes) is 3. The summed E-state index contributed by atoms with van der Waals surface area (Å²) in [6.07, 6.45) is 5.91. The van der Waals surface area contributed by atoms with E-state index in [1.165, 1.54) is 19.3 Å². The molecule has 0 heterocycles. The average molecular weight is 146 g/mol. The van der Waals surface area contributed by atoms with Crippen LogP contribution in [0.25, 0.3) is 0 Å². The summed E-state index contributed by atoms with van der Waals surface area (Å²) in [5, 5.41) is 0. The Balaban J connectivity index is 2.53. The lowest BCUT2D eigenvalue weighted by molar-refractivity contribution is 0.701. The summed E-state index contributed by atoms with van der Waals surface area (Å²) in [5.41, 5.74) is 0. The van der Waals surface area contributed by atoms with Gasteiger partial charge in [0.25, 0.3) is 0 Å². The van der Waals surface area contributed by atoms with Crippen LogP contribution in [0.5, 0.6) is 0 Å². The molecule has 0 atom stereocenters. The number of hydrogen-bond acceptors (Lipinski definition) is 0. The van der Waals surface area contributed by atoms with Crippen molar-refractivity contribution in [2.45, 2.75) is 38.7 Å². The molecule has 0 aromatic rings. The molecule has 8 heavy (non-hydrogen) atoms. The van der Waals surface area contributed by atoms with Crippen molar-refractivity contribution in [3.63, 3.8) is 0 Å². The van der Waals surface area contributed by atoms with Gasteiger partial charge in [-0.25, -0.2) is 0 Å². The summed E-state index contributed by atoms with van der Waals surface area (Å²) in [7, 11) is 2.07. The summed E-state index contributed by atoms with van der Waals surface area (Å²) < 4.78 is 0. The summed E-state index contributed by atoms with van der Waals surface area (Å²) in [6.45, 7) is 2.28. The molecule has 0 saturated carbocycles. The minimum atomic E-state index is 0.525. The molecule has 0 N–H and O–H groups in total. The van der Waals surface area contributed by atoms with Gasteiger partial charge >= 0.3 is 0 Å². The van der Waals surface area contributed by atoms with E-state index in [2.05, 4.69) is 6.92 Å². The first-order valence-corrected chi connectivity index (χ1v) is 10.6. The van der Waals surface area contributed by atoms with Crippen LogP contribution in [0.3, 0.4) is 0 Å². The van der Waals surface area contributed by atoms with Crippen LogP contribution in [0.15, 0.2) is 0 Å². The van der Waals surface area contributed by atoms with Crippen LogP contribution in [0.1, 0.15) is 32.6 Å². The first kappa shape index (κ1) is 8.43. The van der Waals surface area contributed by atoms with Gasteiger partial charge in [-0.1, -0.05) is 38.7 Å². The van der Waals surface area contributed by atoms with Crippen LogP contribution >= 0.6 is 0 Å². The van der Waals surface area contributed by atoms with Crippen molar-refractivity contribution in [3.8, 4) is 0 Å². The van der Waals surface area contributed by atoms with Crippen molar-refractivity contribution in [2.24, 2.45) is 0 Å². The zero-order valence-corrected chi connectivity index (χ0v) is 9.66. The van der Waals surface area contributed by atoms with E-state index in [1.807, 2.05) is 0 Å². The van der Waals surface area contributed by atoms with E-state index in [-0.39, 0.29) is 0 Å². The molecule has 0 rings (SSSR count). The predicted octanol–water partition coefficient (Wildman–Crippen LogP) is 0.434. The average Bonchev–Trinajstić information content (AvgIpc) is 1.81. The predicted molar refractivity (Wildman–Crippen MR) is 47.4 cm³/mol. The topological polar surface area (TPSA) is 0 Å². The smallest absolute Gasteiger partial charge is 0.00412 e. The molecule has 0 fully saturated rings. The third kappa shape index (κ3) is 6.43. The highest BCUT2D eigenvalue weighted by molar-refractivity contribution is 6.89. The highest BCUT2D eigenvalue weighted by Gasteiger charge is 1.83. The van der Waals surface area contributed by atoms with E-state index in [0.717, 1.165) is 0 Å². The molecule has 0 radical (unpaired) electrons. The molecule has 0 aliphatic rings. The Morgan fingerprint density at radius 2 is 2.00 bits per heavy atom. The van der Waals surface area contributed by atoms with E-state index < -0.39 is 0 Å². The summed E-state index contributed by atoms with van der Waals surface area (Å²) in [5.74, 6) is 0. The molecule has 0 aliphatic carbocycles. The molecule has 0 amide bonds. The van der Waals surface area contributed by atoms with Gasteiger partial charge < -0.3 is 0 Å². The minimum absolute atomic E-state index is 0.525. The molecular weight excluding hydrogens is 128 g/mol. The summed E-state index contributed by atoms with van der Waals surface area (Å²) in [4.78, 5) is 0. The van der Waals surface area contributed by atoms with Crippen molar-refractivity contribution in [2.75, 3.05) is 0 Å². The first-order chi connectivity index (χ1) is 3.91. The van der Waals surface area contributed by atoms with Crippen LogP contribution in [0, 0.1) is 0 Å². The van der Waals surface area contributed by atoms with Crippen molar-refractivity contribution in [1.29, 1.82) is 0 Å². The zero-order valence-electron chi connectivity index (χ0n) is 6.24. The van der Waals surface area contributed by atoms with Gasteiger partial charge in [-0.2, -0.15) is 0 Å². The van der Waals surface area contributed by atoms with Crippen LogP contribution in [0.2, 0.25) is 6.04 Å². The van der Waals surface area contributed by atoms with Gasteiger partial charge in [0.15, 0.2) is 0 Å². The molecule has 0 spiro atoms. The van der Waals surface area contributed by atoms with E-state index in [4.69, 9.17) is 0 Å². The Kier molecular flexibility index (Phi) is 7.84. The lowest BCUT2D eigenvalue weighted by Gasteiger charge is -1.93. The molecular formula is C6H18Si2. The van der Waals surface area contributed by atoms with E-state index >= 15 is 0 Å². The molecule has 0 aromatic carbocycles. The Bertz CT molecular complexity index is 31.5. The fourth-order valence-electron chi connectivity index (χ4n) is 0.854. The quantitative estimate of drug-likeness (QED) is 0.390. The van der Waals surface area contributed by atoms with Crippen molar-refractivity contribution >= 4 is 18.8 Å². The molecule has 0 aromatic heterocycles. The lowest BCUT2D eigenvalue weighted by atomic mass is 10.2. The Morgan fingerprint density at radius 3 is 2.50 bits per heavy atom. The van der Waals surface area contributed by atoms with Crippen molar-refractivity contribution in [3.05, 3.63) is 0 Å². The number of hydrogen-bond donors (Lipinski definition) is 0. The lowest BCUT2D eigenvalue weighted by Crippen LogP contribution is -1.86. The Labute approximate surface area is 58.1 Å².